The summed E-state index contributed by atoms with van der Waals surface area (Å²) in [5, 5.41) is 5.61. The minimum Gasteiger partial charge on any atom is -0.305 e. The molecule has 0 unspecified atom stereocenters. The Hall–Kier alpha value is -3.52. The number of aromatic nitrogens is 3. The van der Waals surface area contributed by atoms with Gasteiger partial charge in [-0.3, -0.25) is 15.0 Å². The maximum absolute atomic E-state index is 13.5. The third kappa shape index (κ3) is 3.60. The van der Waals surface area contributed by atoms with Crippen LogP contribution in [-0.2, 0) is 0 Å². The Morgan fingerprint density at radius 2 is 1.94 bits per heavy atom. The zero-order valence-corrected chi connectivity index (χ0v) is 19.1. The summed E-state index contributed by atoms with van der Waals surface area (Å²) in [5.74, 6) is 0.800. The molecule has 1 fully saturated rings. The quantitative estimate of drug-likeness (QED) is 0.421. The second-order valence-corrected chi connectivity index (χ2v) is 9.17. The van der Waals surface area contributed by atoms with Crippen molar-refractivity contribution in [1.29, 1.82) is 0 Å². The smallest absolute Gasteiger partial charge is 0.145 e. The highest BCUT2D eigenvalue weighted by molar-refractivity contribution is 7.13. The summed E-state index contributed by atoms with van der Waals surface area (Å²) in [4.78, 5) is 9.26. The van der Waals surface area contributed by atoms with E-state index in [2.05, 4.69) is 42.2 Å². The lowest BCUT2D eigenvalue weighted by molar-refractivity contribution is 0.348. The topological polar surface area (TPSA) is 49.6 Å². The van der Waals surface area contributed by atoms with E-state index in [0.29, 0.717) is 0 Å². The van der Waals surface area contributed by atoms with E-state index < -0.39 is 0 Å². The third-order valence-electron chi connectivity index (χ3n) is 6.19. The van der Waals surface area contributed by atoms with Crippen molar-refractivity contribution in [3.63, 3.8) is 0 Å². The molecule has 1 saturated heterocycles. The number of benzene rings is 2. The van der Waals surface area contributed by atoms with Gasteiger partial charge in [0.2, 0.25) is 0 Å². The molecule has 2 aliphatic rings. The lowest BCUT2D eigenvalue weighted by Crippen LogP contribution is -2.53. The van der Waals surface area contributed by atoms with Crippen molar-refractivity contribution in [1.82, 2.24) is 18.9 Å². The third-order valence-corrected chi connectivity index (χ3v) is 7.01. The van der Waals surface area contributed by atoms with E-state index in [1.54, 1.807) is 0 Å². The first-order valence-corrected chi connectivity index (χ1v) is 11.9. The Kier molecular flexibility index (Phi) is 4.95. The number of aryl methyl sites for hydroxylation is 1. The molecular weight excluding hydrogens is 435 g/mol. The van der Waals surface area contributed by atoms with Gasteiger partial charge in [0.25, 0.3) is 0 Å². The van der Waals surface area contributed by atoms with Gasteiger partial charge >= 0.3 is 0 Å². The van der Waals surface area contributed by atoms with Crippen molar-refractivity contribution >= 4 is 39.2 Å². The van der Waals surface area contributed by atoms with Crippen LogP contribution in [-0.4, -0.2) is 44.4 Å². The summed E-state index contributed by atoms with van der Waals surface area (Å²) < 4.78 is 21.1. The first-order chi connectivity index (χ1) is 16.2. The van der Waals surface area contributed by atoms with Crippen LogP contribution in [0.4, 0.5) is 10.1 Å². The molecule has 4 aromatic rings. The van der Waals surface area contributed by atoms with Crippen LogP contribution in [0.5, 0.6) is 0 Å². The van der Waals surface area contributed by atoms with Gasteiger partial charge in [-0.2, -0.15) is 4.37 Å². The van der Waals surface area contributed by atoms with Gasteiger partial charge in [0.1, 0.15) is 11.7 Å². The van der Waals surface area contributed by atoms with Crippen LogP contribution in [0.2, 0.25) is 0 Å². The van der Waals surface area contributed by atoms with Crippen LogP contribution in [0, 0.1) is 12.7 Å². The summed E-state index contributed by atoms with van der Waals surface area (Å²) in [6, 6.07) is 11.0. The Bertz CT molecular complexity index is 1380. The number of imidazole rings is 1. The number of hydrogen-bond donors (Lipinski definition) is 0. The van der Waals surface area contributed by atoms with Crippen molar-refractivity contribution < 1.29 is 4.39 Å². The molecule has 0 amide bonds. The van der Waals surface area contributed by atoms with E-state index >= 15 is 0 Å². The molecule has 166 valence electrons. The Balaban J connectivity index is 1.37. The van der Waals surface area contributed by atoms with Crippen molar-refractivity contribution in [3.05, 3.63) is 77.8 Å². The fourth-order valence-electron chi connectivity index (χ4n) is 4.64. The largest absolute Gasteiger partial charge is 0.305 e. The highest BCUT2D eigenvalue weighted by Crippen LogP contribution is 2.33. The highest BCUT2D eigenvalue weighted by atomic mass is 32.1. The number of anilines is 1. The number of aliphatic imine (C=N–C) groups is 1. The number of hydrogen-bond acceptors (Lipinski definition) is 6. The fraction of sp³-hybridized carbons (Fsp3) is 0.240. The van der Waals surface area contributed by atoms with E-state index in [1.807, 2.05) is 37.8 Å². The summed E-state index contributed by atoms with van der Waals surface area (Å²) >= 11 is 1.51. The molecular formula is C25H23FN6S. The van der Waals surface area contributed by atoms with Crippen LogP contribution in [0.1, 0.15) is 24.1 Å². The number of rotatable bonds is 3. The van der Waals surface area contributed by atoms with E-state index in [9.17, 15) is 4.39 Å². The number of fused-ring (bicyclic) bond motifs is 2. The predicted octanol–water partition coefficient (Wildman–Crippen LogP) is 5.24. The second kappa shape index (κ2) is 8.12. The van der Waals surface area contributed by atoms with Gasteiger partial charge in [-0.25, -0.2) is 9.37 Å². The summed E-state index contributed by atoms with van der Waals surface area (Å²) in [5.41, 5.74) is 5.46. The molecule has 0 bridgehead atoms. The van der Waals surface area contributed by atoms with Crippen molar-refractivity contribution in [2.45, 2.75) is 19.8 Å². The van der Waals surface area contributed by atoms with Gasteiger partial charge in [-0.15, -0.1) is 0 Å². The molecule has 0 radical (unpaired) electrons. The van der Waals surface area contributed by atoms with Crippen molar-refractivity contribution in [2.24, 2.45) is 4.99 Å². The normalized spacial score (nSPS) is 17.5. The van der Waals surface area contributed by atoms with Crippen LogP contribution in [0.3, 0.4) is 0 Å². The minimum absolute atomic E-state index is 0.216. The first-order valence-electron chi connectivity index (χ1n) is 11.1. The minimum atomic E-state index is -0.216. The monoisotopic (exact) mass is 458 g/mol. The molecule has 0 atom stereocenters. The van der Waals surface area contributed by atoms with Crippen LogP contribution in [0.25, 0.3) is 21.8 Å². The number of nitrogens with zero attached hydrogens (tertiary/aromatic N) is 6. The van der Waals surface area contributed by atoms with Crippen LogP contribution in [0.15, 0.2) is 65.7 Å². The number of halogens is 1. The lowest BCUT2D eigenvalue weighted by Gasteiger charge is -2.44. The van der Waals surface area contributed by atoms with E-state index in [0.717, 1.165) is 71.0 Å². The van der Waals surface area contributed by atoms with Gasteiger partial charge in [0.15, 0.2) is 0 Å². The van der Waals surface area contributed by atoms with E-state index in [1.165, 1.54) is 29.2 Å². The lowest BCUT2D eigenvalue weighted by atomic mass is 9.99. The van der Waals surface area contributed by atoms with Gasteiger partial charge in [-0.1, -0.05) is 6.07 Å². The number of amidine groups is 1. The molecule has 33 heavy (non-hydrogen) atoms. The molecule has 6 rings (SSSR count). The van der Waals surface area contributed by atoms with Gasteiger partial charge in [0.05, 0.1) is 41.2 Å². The molecule has 0 spiro atoms. The number of hydrazine groups is 1. The maximum atomic E-state index is 13.5. The van der Waals surface area contributed by atoms with Gasteiger partial charge in [-0.05, 0) is 78.8 Å². The standard InChI is InChI=1S/C25H23FN6S/c1-17-15-30(16-28-17)23-9-4-18(22-14-29-33-24(22)23)13-19-3-2-11-32-25(19)27-10-12-31(32)21-7-5-20(26)6-8-21/h4-9,13-16H,2-3,10-12H2,1H3. The molecule has 0 N–H and O–H groups in total. The molecule has 6 nitrogen and oxygen atoms in total. The molecule has 8 heteroatoms. The van der Waals surface area contributed by atoms with E-state index in [-0.39, 0.29) is 5.82 Å². The zero-order chi connectivity index (χ0) is 22.4. The predicted molar refractivity (Wildman–Crippen MR) is 131 cm³/mol. The Morgan fingerprint density at radius 3 is 2.76 bits per heavy atom. The Labute approximate surface area is 195 Å². The van der Waals surface area contributed by atoms with Gasteiger partial charge < -0.3 is 4.57 Å². The molecule has 0 saturated carbocycles. The van der Waals surface area contributed by atoms with Crippen LogP contribution < -0.4 is 5.01 Å². The molecule has 2 aromatic heterocycles. The van der Waals surface area contributed by atoms with E-state index in [4.69, 9.17) is 4.99 Å². The zero-order valence-electron chi connectivity index (χ0n) is 18.3. The van der Waals surface area contributed by atoms with Crippen molar-refractivity contribution in [2.75, 3.05) is 24.6 Å². The SMILES string of the molecule is Cc1cn(-c2ccc(C=C3CCCN4C3=NCCN4c3ccc(F)cc3)c3cnsc23)cn1. The molecule has 2 aliphatic heterocycles. The summed E-state index contributed by atoms with van der Waals surface area (Å²) in [6.45, 7) is 4.41. The fourth-order valence-corrected chi connectivity index (χ4v) is 5.44. The summed E-state index contributed by atoms with van der Waals surface area (Å²) in [6.07, 6.45) is 10.1. The highest BCUT2D eigenvalue weighted by Gasteiger charge is 2.29. The molecule has 4 heterocycles. The second-order valence-electron chi connectivity index (χ2n) is 8.37. The number of piperidine rings is 1. The van der Waals surface area contributed by atoms with Gasteiger partial charge in [0, 0.05) is 24.3 Å². The average molecular weight is 459 g/mol. The molecule has 0 aliphatic carbocycles. The Morgan fingerprint density at radius 1 is 1.06 bits per heavy atom. The maximum Gasteiger partial charge on any atom is 0.145 e. The first kappa shape index (κ1) is 20.1. The average Bonchev–Trinajstić information content (AvgIpc) is 3.49. The molecule has 2 aromatic carbocycles. The van der Waals surface area contributed by atoms with Crippen molar-refractivity contribution in [3.8, 4) is 5.69 Å². The van der Waals surface area contributed by atoms with Crippen LogP contribution >= 0.6 is 11.5 Å². The summed E-state index contributed by atoms with van der Waals surface area (Å²) in [7, 11) is 0.